The van der Waals surface area contributed by atoms with Crippen molar-refractivity contribution in [3.8, 4) is 6.07 Å². The monoisotopic (exact) mass is 259 g/mol. The molecular formula is C17H13N3. The van der Waals surface area contributed by atoms with E-state index in [0.717, 1.165) is 11.1 Å². The Labute approximate surface area is 117 Å². The first-order chi connectivity index (χ1) is 9.90. The lowest BCUT2D eigenvalue weighted by molar-refractivity contribution is 0.675. The number of nitrogens with zero attached hydrogens (tertiary/aromatic N) is 3. The Morgan fingerprint density at radius 3 is 2.45 bits per heavy atom. The van der Waals surface area contributed by atoms with Crippen LogP contribution >= 0.6 is 0 Å². The Morgan fingerprint density at radius 2 is 1.75 bits per heavy atom. The largest absolute Gasteiger partial charge is 0.326 e. The van der Waals surface area contributed by atoms with Crippen molar-refractivity contribution in [3.05, 3.63) is 90.0 Å². The molecule has 0 aliphatic carbocycles. The molecule has 3 rings (SSSR count). The molecule has 20 heavy (non-hydrogen) atoms. The number of hydrogen-bond acceptors (Lipinski definition) is 2. The third-order valence-electron chi connectivity index (χ3n) is 3.31. The fourth-order valence-corrected chi connectivity index (χ4v) is 2.41. The van der Waals surface area contributed by atoms with Crippen molar-refractivity contribution in [2.75, 3.05) is 0 Å². The zero-order valence-corrected chi connectivity index (χ0v) is 10.8. The summed E-state index contributed by atoms with van der Waals surface area (Å²) in [6, 6.07) is 20.1. The Balaban J connectivity index is 2.19. The van der Waals surface area contributed by atoms with Gasteiger partial charge in [0, 0.05) is 12.4 Å². The minimum absolute atomic E-state index is 0.0328. The smallest absolute Gasteiger partial charge is 0.0995 e. The third kappa shape index (κ3) is 2.19. The first-order valence-corrected chi connectivity index (χ1v) is 6.41. The highest BCUT2D eigenvalue weighted by molar-refractivity contribution is 5.44. The van der Waals surface area contributed by atoms with Gasteiger partial charge in [-0.1, -0.05) is 48.5 Å². The van der Waals surface area contributed by atoms with Gasteiger partial charge in [-0.25, -0.2) is 4.98 Å². The van der Waals surface area contributed by atoms with E-state index in [9.17, 15) is 5.26 Å². The fraction of sp³-hybridized carbons (Fsp3) is 0.0588. The molecule has 1 atom stereocenters. The number of rotatable bonds is 3. The molecule has 2 aromatic carbocycles. The van der Waals surface area contributed by atoms with Gasteiger partial charge >= 0.3 is 0 Å². The van der Waals surface area contributed by atoms with Crippen molar-refractivity contribution in [1.29, 1.82) is 5.26 Å². The SMILES string of the molecule is N#Cc1ccccc1C(c1ccccc1)n1ccnc1. The molecule has 0 radical (unpaired) electrons. The van der Waals surface area contributed by atoms with Crippen molar-refractivity contribution in [2.24, 2.45) is 0 Å². The van der Waals surface area contributed by atoms with E-state index in [4.69, 9.17) is 0 Å². The quantitative estimate of drug-likeness (QED) is 0.723. The Bertz CT molecular complexity index is 724. The van der Waals surface area contributed by atoms with Crippen LogP contribution in [0.4, 0.5) is 0 Å². The Kier molecular flexibility index (Phi) is 3.30. The lowest BCUT2D eigenvalue weighted by Gasteiger charge is -2.20. The summed E-state index contributed by atoms with van der Waals surface area (Å²) in [7, 11) is 0. The molecule has 0 saturated heterocycles. The Hall–Kier alpha value is -2.86. The zero-order chi connectivity index (χ0) is 13.8. The summed E-state index contributed by atoms with van der Waals surface area (Å²) in [5.41, 5.74) is 2.81. The van der Waals surface area contributed by atoms with E-state index in [1.54, 1.807) is 12.5 Å². The van der Waals surface area contributed by atoms with Gasteiger partial charge in [-0.2, -0.15) is 5.26 Å². The van der Waals surface area contributed by atoms with Crippen LogP contribution in [0.2, 0.25) is 0 Å². The molecule has 0 amide bonds. The molecule has 1 heterocycles. The van der Waals surface area contributed by atoms with Gasteiger partial charge in [-0.05, 0) is 17.2 Å². The molecule has 96 valence electrons. The summed E-state index contributed by atoms with van der Waals surface area (Å²) in [6.45, 7) is 0. The van der Waals surface area contributed by atoms with Gasteiger partial charge in [0.1, 0.15) is 0 Å². The first kappa shape index (κ1) is 12.2. The minimum atomic E-state index is -0.0328. The summed E-state index contributed by atoms with van der Waals surface area (Å²) in [4.78, 5) is 4.13. The molecule has 0 spiro atoms. The highest BCUT2D eigenvalue weighted by Crippen LogP contribution is 2.28. The van der Waals surface area contributed by atoms with E-state index >= 15 is 0 Å². The van der Waals surface area contributed by atoms with Gasteiger partial charge in [0.25, 0.3) is 0 Å². The summed E-state index contributed by atoms with van der Waals surface area (Å²) < 4.78 is 2.02. The van der Waals surface area contributed by atoms with Crippen LogP contribution in [0.1, 0.15) is 22.7 Å². The molecule has 3 nitrogen and oxygen atoms in total. The average molecular weight is 259 g/mol. The molecule has 0 aliphatic heterocycles. The van der Waals surface area contributed by atoms with Crippen molar-refractivity contribution < 1.29 is 0 Å². The third-order valence-corrected chi connectivity index (χ3v) is 3.31. The molecular weight excluding hydrogens is 246 g/mol. The van der Waals surface area contributed by atoms with Crippen LogP contribution in [0.5, 0.6) is 0 Å². The minimum Gasteiger partial charge on any atom is -0.326 e. The van der Waals surface area contributed by atoms with Crippen LogP contribution in [0.25, 0.3) is 0 Å². The first-order valence-electron chi connectivity index (χ1n) is 6.41. The fourth-order valence-electron chi connectivity index (χ4n) is 2.41. The van der Waals surface area contributed by atoms with Crippen LogP contribution in [0, 0.1) is 11.3 Å². The standard InChI is InChI=1S/C17H13N3/c18-12-15-8-4-5-9-16(15)17(20-11-10-19-13-20)14-6-2-1-3-7-14/h1-11,13,17H. The second-order valence-corrected chi connectivity index (χ2v) is 4.52. The van der Waals surface area contributed by atoms with Gasteiger partial charge in [-0.15, -0.1) is 0 Å². The second kappa shape index (κ2) is 5.41. The molecule has 0 fully saturated rings. The van der Waals surface area contributed by atoms with Crippen molar-refractivity contribution >= 4 is 0 Å². The Morgan fingerprint density at radius 1 is 1.00 bits per heavy atom. The number of nitriles is 1. The maximum Gasteiger partial charge on any atom is 0.0995 e. The van der Waals surface area contributed by atoms with Crippen molar-refractivity contribution in [3.63, 3.8) is 0 Å². The van der Waals surface area contributed by atoms with Crippen LogP contribution in [-0.2, 0) is 0 Å². The average Bonchev–Trinajstić information content (AvgIpc) is 3.03. The highest BCUT2D eigenvalue weighted by atomic mass is 15.1. The van der Waals surface area contributed by atoms with E-state index in [0.29, 0.717) is 5.56 Å². The van der Waals surface area contributed by atoms with Crippen LogP contribution in [0.3, 0.4) is 0 Å². The lowest BCUT2D eigenvalue weighted by Crippen LogP contribution is -2.12. The molecule has 1 aromatic heterocycles. The number of aromatic nitrogens is 2. The van der Waals surface area contributed by atoms with Crippen molar-refractivity contribution in [2.45, 2.75) is 6.04 Å². The van der Waals surface area contributed by atoms with E-state index < -0.39 is 0 Å². The molecule has 0 saturated carbocycles. The number of hydrogen-bond donors (Lipinski definition) is 0. The van der Waals surface area contributed by atoms with E-state index in [2.05, 4.69) is 23.2 Å². The predicted octanol–water partition coefficient (Wildman–Crippen LogP) is 3.39. The number of benzene rings is 2. The summed E-state index contributed by atoms with van der Waals surface area (Å²) in [6.07, 6.45) is 5.46. The van der Waals surface area contributed by atoms with E-state index in [1.807, 2.05) is 53.2 Å². The maximum atomic E-state index is 9.34. The van der Waals surface area contributed by atoms with Crippen LogP contribution < -0.4 is 0 Å². The molecule has 0 N–H and O–H groups in total. The van der Waals surface area contributed by atoms with Gasteiger partial charge in [0.15, 0.2) is 0 Å². The highest BCUT2D eigenvalue weighted by Gasteiger charge is 2.18. The second-order valence-electron chi connectivity index (χ2n) is 4.52. The molecule has 3 heteroatoms. The van der Waals surface area contributed by atoms with Gasteiger partial charge in [-0.3, -0.25) is 0 Å². The normalized spacial score (nSPS) is 11.8. The maximum absolute atomic E-state index is 9.34. The van der Waals surface area contributed by atoms with E-state index in [1.165, 1.54) is 0 Å². The molecule has 0 bridgehead atoms. The summed E-state index contributed by atoms with van der Waals surface area (Å²) >= 11 is 0. The van der Waals surface area contributed by atoms with Crippen molar-refractivity contribution in [1.82, 2.24) is 9.55 Å². The van der Waals surface area contributed by atoms with Crippen LogP contribution in [0.15, 0.2) is 73.3 Å². The topological polar surface area (TPSA) is 41.6 Å². The molecule has 3 aromatic rings. The lowest BCUT2D eigenvalue weighted by atomic mass is 9.95. The van der Waals surface area contributed by atoms with Gasteiger partial charge < -0.3 is 4.57 Å². The molecule has 1 unspecified atom stereocenters. The van der Waals surface area contributed by atoms with Crippen LogP contribution in [-0.4, -0.2) is 9.55 Å². The summed E-state index contributed by atoms with van der Waals surface area (Å²) in [5.74, 6) is 0. The van der Waals surface area contributed by atoms with Gasteiger partial charge in [0.05, 0.1) is 24.0 Å². The van der Waals surface area contributed by atoms with Gasteiger partial charge in [0.2, 0.25) is 0 Å². The predicted molar refractivity (Wildman–Crippen MR) is 77.1 cm³/mol. The number of imidazole rings is 1. The molecule has 0 aliphatic rings. The zero-order valence-electron chi connectivity index (χ0n) is 10.8. The summed E-state index contributed by atoms with van der Waals surface area (Å²) in [5, 5.41) is 9.34. The van der Waals surface area contributed by atoms with E-state index in [-0.39, 0.29) is 6.04 Å².